The molecular weight excluding hydrogens is 226 g/mol. The molecule has 7 heteroatoms. The molecule has 4 N–H and O–H groups in total. The minimum atomic E-state index is -0.312. The summed E-state index contributed by atoms with van der Waals surface area (Å²) in [5.74, 6) is 1.87. The molecule has 0 amide bonds. The summed E-state index contributed by atoms with van der Waals surface area (Å²) in [7, 11) is 0. The van der Waals surface area contributed by atoms with Gasteiger partial charge >= 0.3 is 0 Å². The van der Waals surface area contributed by atoms with Crippen LogP contribution in [0.15, 0.2) is 10.3 Å². The van der Waals surface area contributed by atoms with E-state index in [1.807, 2.05) is 20.8 Å². The number of H-pyrrole nitrogens is 1. The first kappa shape index (κ1) is 12.8. The van der Waals surface area contributed by atoms with Crippen molar-refractivity contribution in [3.05, 3.63) is 5.82 Å². The van der Waals surface area contributed by atoms with Gasteiger partial charge in [-0.05, 0) is 13.3 Å². The maximum absolute atomic E-state index is 8.62. The summed E-state index contributed by atoms with van der Waals surface area (Å²) in [4.78, 5) is 4.18. The molecule has 0 radical (unpaired) electrons. The molecule has 0 saturated carbocycles. The van der Waals surface area contributed by atoms with Gasteiger partial charge in [-0.2, -0.15) is 0 Å². The van der Waals surface area contributed by atoms with E-state index in [1.54, 1.807) is 11.8 Å². The Hall–Kier alpha value is -1.24. The van der Waals surface area contributed by atoms with Crippen molar-refractivity contribution in [2.24, 2.45) is 16.3 Å². The Morgan fingerprint density at radius 2 is 2.31 bits per heavy atom. The number of aromatic nitrogens is 3. The predicted molar refractivity (Wildman–Crippen MR) is 63.7 cm³/mol. The molecule has 0 aliphatic heterocycles. The molecule has 0 saturated heterocycles. The van der Waals surface area contributed by atoms with Gasteiger partial charge in [-0.25, -0.2) is 4.98 Å². The van der Waals surface area contributed by atoms with Gasteiger partial charge in [0.05, 0.1) is 0 Å². The van der Waals surface area contributed by atoms with Crippen LogP contribution in [0, 0.1) is 12.3 Å². The Labute approximate surface area is 98.7 Å². The van der Waals surface area contributed by atoms with E-state index in [1.165, 1.54) is 0 Å². The molecule has 0 aromatic carbocycles. The lowest BCUT2D eigenvalue weighted by Gasteiger charge is -2.21. The molecule has 0 bridgehead atoms. The van der Waals surface area contributed by atoms with Crippen molar-refractivity contribution in [2.45, 2.75) is 32.3 Å². The topological polar surface area (TPSA) is 100 Å². The fraction of sp³-hybridized carbons (Fsp3) is 0.667. The van der Waals surface area contributed by atoms with Gasteiger partial charge < -0.3 is 10.9 Å². The minimum absolute atomic E-state index is 0.249. The SMILES string of the molecule is Cc1nc(SCCC(C)(C)C(N)=NO)n[nH]1. The number of hydrogen-bond acceptors (Lipinski definition) is 5. The van der Waals surface area contributed by atoms with E-state index in [0.29, 0.717) is 0 Å². The van der Waals surface area contributed by atoms with Crippen molar-refractivity contribution in [2.75, 3.05) is 5.75 Å². The Morgan fingerprint density at radius 3 is 2.81 bits per heavy atom. The average molecular weight is 243 g/mol. The lowest BCUT2D eigenvalue weighted by Crippen LogP contribution is -2.32. The Bertz CT molecular complexity index is 374. The van der Waals surface area contributed by atoms with E-state index in [9.17, 15) is 0 Å². The number of nitrogens with two attached hydrogens (primary N) is 1. The molecule has 1 aromatic heterocycles. The smallest absolute Gasteiger partial charge is 0.208 e. The van der Waals surface area contributed by atoms with Gasteiger partial charge in [0.2, 0.25) is 5.16 Å². The van der Waals surface area contributed by atoms with Gasteiger partial charge in [0, 0.05) is 11.2 Å². The summed E-state index contributed by atoms with van der Waals surface area (Å²) in [6.07, 6.45) is 0.793. The Balaban J connectivity index is 2.41. The van der Waals surface area contributed by atoms with Crippen LogP contribution in [0.25, 0.3) is 0 Å². The van der Waals surface area contributed by atoms with E-state index >= 15 is 0 Å². The fourth-order valence-corrected chi connectivity index (χ4v) is 2.15. The van der Waals surface area contributed by atoms with Crippen LogP contribution >= 0.6 is 11.8 Å². The molecule has 0 spiro atoms. The lowest BCUT2D eigenvalue weighted by molar-refractivity contribution is 0.307. The quantitative estimate of drug-likeness (QED) is 0.238. The first-order chi connectivity index (χ1) is 7.45. The van der Waals surface area contributed by atoms with E-state index in [2.05, 4.69) is 20.3 Å². The number of amidine groups is 1. The molecule has 1 aromatic rings. The largest absolute Gasteiger partial charge is 0.409 e. The van der Waals surface area contributed by atoms with Crippen LogP contribution in [0.1, 0.15) is 26.1 Å². The van der Waals surface area contributed by atoms with Crippen LogP contribution in [0.3, 0.4) is 0 Å². The molecule has 1 heterocycles. The van der Waals surface area contributed by atoms with Crippen LogP contribution in [0.4, 0.5) is 0 Å². The van der Waals surface area contributed by atoms with E-state index in [4.69, 9.17) is 10.9 Å². The molecule has 90 valence electrons. The lowest BCUT2D eigenvalue weighted by atomic mass is 9.89. The Morgan fingerprint density at radius 1 is 1.62 bits per heavy atom. The average Bonchev–Trinajstić information content (AvgIpc) is 2.62. The summed E-state index contributed by atoms with van der Waals surface area (Å²) >= 11 is 1.55. The maximum atomic E-state index is 8.62. The second-order valence-corrected chi connectivity index (χ2v) is 5.23. The molecule has 6 nitrogen and oxygen atoms in total. The summed E-state index contributed by atoms with van der Waals surface area (Å²) < 4.78 is 0. The van der Waals surface area contributed by atoms with Gasteiger partial charge in [-0.3, -0.25) is 5.10 Å². The summed E-state index contributed by atoms with van der Waals surface area (Å²) in [6, 6.07) is 0. The zero-order valence-electron chi connectivity index (χ0n) is 9.69. The fourth-order valence-electron chi connectivity index (χ4n) is 1.05. The van der Waals surface area contributed by atoms with Gasteiger partial charge in [0.25, 0.3) is 0 Å². The first-order valence-electron chi connectivity index (χ1n) is 4.95. The van der Waals surface area contributed by atoms with Gasteiger partial charge in [0.1, 0.15) is 11.7 Å². The summed E-state index contributed by atoms with van der Waals surface area (Å²) in [5, 5.41) is 19.2. The summed E-state index contributed by atoms with van der Waals surface area (Å²) in [5.41, 5.74) is 5.28. The van der Waals surface area contributed by atoms with Gasteiger partial charge in [-0.15, -0.1) is 5.10 Å². The van der Waals surface area contributed by atoms with Gasteiger partial charge in [-0.1, -0.05) is 30.8 Å². The van der Waals surface area contributed by atoms with Crippen LogP contribution in [0.2, 0.25) is 0 Å². The molecular formula is C9H17N5OS. The molecule has 0 atom stereocenters. The highest BCUT2D eigenvalue weighted by atomic mass is 32.2. The number of hydrogen-bond donors (Lipinski definition) is 3. The van der Waals surface area contributed by atoms with Gasteiger partial charge in [0.15, 0.2) is 0 Å². The minimum Gasteiger partial charge on any atom is -0.409 e. The number of nitrogens with zero attached hydrogens (tertiary/aromatic N) is 3. The molecule has 0 unspecified atom stereocenters. The number of thioether (sulfide) groups is 1. The van der Waals surface area contributed by atoms with E-state index in [0.717, 1.165) is 23.2 Å². The number of oxime groups is 1. The normalized spacial score (nSPS) is 13.1. The number of aromatic amines is 1. The second kappa shape index (κ2) is 5.20. The van der Waals surface area contributed by atoms with Crippen LogP contribution in [0.5, 0.6) is 0 Å². The zero-order valence-corrected chi connectivity index (χ0v) is 10.5. The predicted octanol–water partition coefficient (Wildman–Crippen LogP) is 1.37. The third-order valence-corrected chi connectivity index (χ3v) is 3.19. The standard InChI is InChI=1S/C9H17N5OS/c1-6-11-8(13-12-6)16-5-4-9(2,3)7(10)14-15/h15H,4-5H2,1-3H3,(H2,10,14)(H,11,12,13). The van der Waals surface area contributed by atoms with Crippen molar-refractivity contribution in [1.82, 2.24) is 15.2 Å². The maximum Gasteiger partial charge on any atom is 0.208 e. The summed E-state index contributed by atoms with van der Waals surface area (Å²) in [6.45, 7) is 5.73. The monoisotopic (exact) mass is 243 g/mol. The highest BCUT2D eigenvalue weighted by Gasteiger charge is 2.23. The van der Waals surface area contributed by atoms with Crippen molar-refractivity contribution in [1.29, 1.82) is 0 Å². The first-order valence-corrected chi connectivity index (χ1v) is 5.94. The third kappa shape index (κ3) is 3.41. The zero-order chi connectivity index (χ0) is 12.2. The van der Waals surface area contributed by atoms with E-state index in [-0.39, 0.29) is 11.3 Å². The highest BCUT2D eigenvalue weighted by molar-refractivity contribution is 7.99. The van der Waals surface area contributed by atoms with Crippen LogP contribution in [-0.4, -0.2) is 32.0 Å². The van der Waals surface area contributed by atoms with E-state index < -0.39 is 0 Å². The second-order valence-electron chi connectivity index (χ2n) is 4.17. The third-order valence-electron chi connectivity index (χ3n) is 2.34. The number of aryl methyl sites for hydroxylation is 1. The number of nitrogens with one attached hydrogen (secondary N) is 1. The van der Waals surface area contributed by atoms with Crippen LogP contribution in [-0.2, 0) is 0 Å². The van der Waals surface area contributed by atoms with Crippen molar-refractivity contribution in [3.8, 4) is 0 Å². The molecule has 16 heavy (non-hydrogen) atoms. The van der Waals surface area contributed by atoms with Crippen LogP contribution < -0.4 is 5.73 Å². The van der Waals surface area contributed by atoms with Crippen molar-refractivity contribution < 1.29 is 5.21 Å². The number of rotatable bonds is 5. The highest BCUT2D eigenvalue weighted by Crippen LogP contribution is 2.25. The molecule has 0 fully saturated rings. The Kier molecular flexibility index (Phi) is 4.17. The van der Waals surface area contributed by atoms with Crippen molar-refractivity contribution >= 4 is 17.6 Å². The molecule has 1 rings (SSSR count). The molecule has 0 aliphatic rings. The molecule has 0 aliphatic carbocycles. The van der Waals surface area contributed by atoms with Crippen molar-refractivity contribution in [3.63, 3.8) is 0 Å².